The van der Waals surface area contributed by atoms with Gasteiger partial charge in [-0.15, -0.1) is 0 Å². The van der Waals surface area contributed by atoms with Gasteiger partial charge in [0.2, 0.25) is 0 Å². The topological polar surface area (TPSA) is 37.3 Å². The van der Waals surface area contributed by atoms with Crippen LogP contribution in [0.3, 0.4) is 0 Å². The van der Waals surface area contributed by atoms with Gasteiger partial charge >= 0.3 is 0 Å². The van der Waals surface area contributed by atoms with Crippen LogP contribution in [-0.2, 0) is 11.2 Å². The molecule has 0 aromatic heterocycles. The van der Waals surface area contributed by atoms with E-state index in [9.17, 15) is 9.90 Å². The molecule has 0 heterocycles. The minimum absolute atomic E-state index is 0.00115. The molecule has 100 valence electrons. The van der Waals surface area contributed by atoms with Crippen molar-refractivity contribution in [2.45, 2.75) is 39.2 Å². The first kappa shape index (κ1) is 15.5. The first-order valence-electron chi connectivity index (χ1n) is 6.14. The molecule has 0 bridgehead atoms. The molecule has 0 aliphatic carbocycles. The van der Waals surface area contributed by atoms with Crippen molar-refractivity contribution in [1.29, 1.82) is 0 Å². The maximum absolute atomic E-state index is 12.0. The van der Waals surface area contributed by atoms with Crippen LogP contribution < -0.4 is 0 Å². The van der Waals surface area contributed by atoms with Crippen LogP contribution in [0.1, 0.15) is 32.3 Å². The van der Waals surface area contributed by atoms with Gasteiger partial charge in [-0.2, -0.15) is 0 Å². The van der Waals surface area contributed by atoms with Gasteiger partial charge in [-0.1, -0.05) is 56.0 Å². The summed E-state index contributed by atoms with van der Waals surface area (Å²) in [6.07, 6.45) is 0.697. The second-order valence-electron chi connectivity index (χ2n) is 4.36. The second-order valence-corrected chi connectivity index (χ2v) is 5.18. The number of carbonyl (C=O) groups excluding carboxylic acids is 1. The summed E-state index contributed by atoms with van der Waals surface area (Å²) in [6, 6.07) is 5.12. The van der Waals surface area contributed by atoms with E-state index in [1.165, 1.54) is 0 Å². The van der Waals surface area contributed by atoms with E-state index in [4.69, 9.17) is 23.2 Å². The predicted octanol–water partition coefficient (Wildman–Crippen LogP) is 3.90. The van der Waals surface area contributed by atoms with Crippen molar-refractivity contribution < 1.29 is 9.90 Å². The quantitative estimate of drug-likeness (QED) is 0.862. The van der Waals surface area contributed by atoms with Gasteiger partial charge in [-0.25, -0.2) is 0 Å². The maximum Gasteiger partial charge on any atom is 0.166 e. The van der Waals surface area contributed by atoms with Crippen molar-refractivity contribution in [1.82, 2.24) is 0 Å². The normalized spacial score (nSPS) is 12.8. The Morgan fingerprint density at radius 1 is 1.22 bits per heavy atom. The molecule has 1 N–H and O–H groups in total. The first-order chi connectivity index (χ1) is 8.51. The third kappa shape index (κ3) is 3.71. The van der Waals surface area contributed by atoms with Crippen LogP contribution in [0.4, 0.5) is 0 Å². The highest BCUT2D eigenvalue weighted by Gasteiger charge is 2.24. The van der Waals surface area contributed by atoms with E-state index in [0.717, 1.165) is 12.8 Å². The summed E-state index contributed by atoms with van der Waals surface area (Å²) in [5.41, 5.74) is 0.593. The number of benzene rings is 1. The van der Waals surface area contributed by atoms with Crippen LogP contribution in [0.2, 0.25) is 10.0 Å². The molecule has 0 spiro atoms. The summed E-state index contributed by atoms with van der Waals surface area (Å²) in [5, 5.41) is 10.9. The van der Waals surface area contributed by atoms with Crippen LogP contribution in [0, 0.1) is 5.92 Å². The van der Waals surface area contributed by atoms with E-state index in [-0.39, 0.29) is 18.1 Å². The number of rotatable bonds is 6. The molecule has 0 amide bonds. The van der Waals surface area contributed by atoms with E-state index >= 15 is 0 Å². The Morgan fingerprint density at radius 2 is 1.72 bits per heavy atom. The Labute approximate surface area is 118 Å². The summed E-state index contributed by atoms with van der Waals surface area (Å²) < 4.78 is 0. The van der Waals surface area contributed by atoms with Gasteiger partial charge in [0.05, 0.1) is 0 Å². The Kier molecular flexibility index (Phi) is 6.13. The Morgan fingerprint density at radius 3 is 2.17 bits per heavy atom. The average molecular weight is 289 g/mol. The highest BCUT2D eigenvalue weighted by Crippen LogP contribution is 2.26. The van der Waals surface area contributed by atoms with Crippen molar-refractivity contribution in [2.24, 2.45) is 5.92 Å². The third-order valence-corrected chi connectivity index (χ3v) is 3.95. The largest absolute Gasteiger partial charge is 0.385 e. The van der Waals surface area contributed by atoms with E-state index in [0.29, 0.717) is 15.6 Å². The standard InChI is InChI=1S/C14H18Cl2O2/c1-3-9(4-2)14(18)13(17)8-10-11(15)6-5-7-12(10)16/h5-7,9,14,18H,3-4,8H2,1-2H3. The van der Waals surface area contributed by atoms with Gasteiger partial charge in [0, 0.05) is 16.5 Å². The highest BCUT2D eigenvalue weighted by atomic mass is 35.5. The molecule has 1 unspecified atom stereocenters. The van der Waals surface area contributed by atoms with Crippen LogP contribution in [0.15, 0.2) is 18.2 Å². The molecule has 1 aromatic rings. The number of aliphatic hydroxyl groups is 1. The van der Waals surface area contributed by atoms with Gasteiger partial charge < -0.3 is 5.11 Å². The summed E-state index contributed by atoms with van der Waals surface area (Å²) in [4.78, 5) is 12.0. The van der Waals surface area contributed by atoms with Crippen molar-refractivity contribution in [3.63, 3.8) is 0 Å². The fourth-order valence-corrected chi connectivity index (χ4v) is 2.51. The lowest BCUT2D eigenvalue weighted by Crippen LogP contribution is -2.30. The van der Waals surface area contributed by atoms with E-state index in [1.807, 2.05) is 13.8 Å². The van der Waals surface area contributed by atoms with Gasteiger partial charge in [-0.05, 0) is 23.6 Å². The SMILES string of the molecule is CCC(CC)C(O)C(=O)Cc1c(Cl)cccc1Cl. The number of hydrogen-bond acceptors (Lipinski definition) is 2. The molecule has 0 saturated heterocycles. The molecule has 2 nitrogen and oxygen atoms in total. The van der Waals surface area contributed by atoms with Crippen molar-refractivity contribution >= 4 is 29.0 Å². The molecule has 18 heavy (non-hydrogen) atoms. The van der Waals surface area contributed by atoms with Crippen molar-refractivity contribution in [2.75, 3.05) is 0 Å². The fraction of sp³-hybridized carbons (Fsp3) is 0.500. The van der Waals surface area contributed by atoms with Crippen LogP contribution in [0.5, 0.6) is 0 Å². The number of ketones is 1. The lowest BCUT2D eigenvalue weighted by molar-refractivity contribution is -0.129. The Hall–Kier alpha value is -0.570. The molecule has 4 heteroatoms. The van der Waals surface area contributed by atoms with Gasteiger partial charge in [0.15, 0.2) is 5.78 Å². The van der Waals surface area contributed by atoms with E-state index < -0.39 is 6.10 Å². The molecule has 0 radical (unpaired) electrons. The molecule has 0 saturated carbocycles. The zero-order valence-electron chi connectivity index (χ0n) is 10.6. The zero-order valence-corrected chi connectivity index (χ0v) is 12.1. The molecular formula is C14H18Cl2O2. The lowest BCUT2D eigenvalue weighted by Gasteiger charge is -2.19. The Balaban J connectivity index is 2.81. The van der Waals surface area contributed by atoms with Gasteiger partial charge in [0.1, 0.15) is 6.10 Å². The van der Waals surface area contributed by atoms with E-state index in [1.54, 1.807) is 18.2 Å². The molecule has 0 fully saturated rings. The van der Waals surface area contributed by atoms with Gasteiger partial charge in [-0.3, -0.25) is 4.79 Å². The minimum Gasteiger partial charge on any atom is -0.385 e. The second kappa shape index (κ2) is 7.13. The maximum atomic E-state index is 12.0. The van der Waals surface area contributed by atoms with Gasteiger partial charge in [0.25, 0.3) is 0 Å². The molecule has 0 aliphatic rings. The molecule has 1 aromatic carbocycles. The molecule has 0 aliphatic heterocycles. The van der Waals surface area contributed by atoms with Crippen molar-refractivity contribution in [3.05, 3.63) is 33.8 Å². The number of Topliss-reactive ketones (excluding diaryl/α,β-unsaturated/α-hetero) is 1. The van der Waals surface area contributed by atoms with E-state index in [2.05, 4.69) is 0 Å². The smallest absolute Gasteiger partial charge is 0.166 e. The molecule has 1 rings (SSSR count). The number of carbonyl (C=O) groups is 1. The lowest BCUT2D eigenvalue weighted by atomic mass is 9.91. The number of hydrogen-bond donors (Lipinski definition) is 1. The summed E-state index contributed by atoms with van der Waals surface area (Å²) in [5.74, 6) is -0.225. The molecule has 1 atom stereocenters. The number of aliphatic hydroxyl groups excluding tert-OH is 1. The first-order valence-corrected chi connectivity index (χ1v) is 6.90. The van der Waals surface area contributed by atoms with Crippen LogP contribution in [0.25, 0.3) is 0 Å². The van der Waals surface area contributed by atoms with Crippen LogP contribution in [-0.4, -0.2) is 17.0 Å². The third-order valence-electron chi connectivity index (χ3n) is 3.24. The monoisotopic (exact) mass is 288 g/mol. The Bertz CT molecular complexity index is 394. The summed E-state index contributed by atoms with van der Waals surface area (Å²) in [6.45, 7) is 3.93. The fourth-order valence-electron chi connectivity index (χ4n) is 1.98. The zero-order chi connectivity index (χ0) is 13.7. The summed E-state index contributed by atoms with van der Waals surface area (Å²) >= 11 is 12.0. The predicted molar refractivity (Wildman–Crippen MR) is 75.3 cm³/mol. The van der Waals surface area contributed by atoms with Crippen molar-refractivity contribution in [3.8, 4) is 0 Å². The number of halogens is 2. The highest BCUT2D eigenvalue weighted by molar-refractivity contribution is 6.36. The average Bonchev–Trinajstić information content (AvgIpc) is 2.35. The summed E-state index contributed by atoms with van der Waals surface area (Å²) in [7, 11) is 0. The molecular weight excluding hydrogens is 271 g/mol. The minimum atomic E-state index is -0.938. The van der Waals surface area contributed by atoms with Crippen LogP contribution >= 0.6 is 23.2 Å².